The molecule has 0 aliphatic heterocycles. The van der Waals surface area contributed by atoms with Crippen LogP contribution in [0.3, 0.4) is 0 Å². The molecule has 0 heterocycles. The van der Waals surface area contributed by atoms with Crippen molar-refractivity contribution in [1.82, 2.24) is 15.5 Å². The summed E-state index contributed by atoms with van der Waals surface area (Å²) < 4.78 is 9.95. The van der Waals surface area contributed by atoms with Crippen LogP contribution < -0.4 is 16.4 Å². The molecule has 0 aliphatic carbocycles. The third-order valence-corrected chi connectivity index (χ3v) is 5.91. The number of carbonyl (C=O) groups excluding carboxylic acids is 5. The number of primary amides is 1. The number of nitrogens with two attached hydrogens (primary N) is 1. The average Bonchev–Trinajstić information content (AvgIpc) is 2.86. The van der Waals surface area contributed by atoms with Gasteiger partial charge in [0.2, 0.25) is 17.7 Å². The normalized spacial score (nSPS) is 13.4. The molecule has 0 bridgehead atoms. The second-order valence-corrected chi connectivity index (χ2v) is 11.0. The Morgan fingerprint density at radius 2 is 1.75 bits per heavy atom. The summed E-state index contributed by atoms with van der Waals surface area (Å²) in [6, 6.07) is 3.72. The number of methoxy groups -OCH3 is 1. The highest BCUT2D eigenvalue weighted by molar-refractivity contribution is 5.95. The van der Waals surface area contributed by atoms with E-state index in [2.05, 4.69) is 21.9 Å². The molecule has 4 amide bonds. The number of nitrogens with one attached hydrogen (secondary N) is 2. The van der Waals surface area contributed by atoms with E-state index in [1.54, 1.807) is 58.0 Å². The molecule has 0 radical (unpaired) electrons. The van der Waals surface area contributed by atoms with Gasteiger partial charge in [-0.3, -0.25) is 19.2 Å². The Bertz CT molecular complexity index is 1060. The van der Waals surface area contributed by atoms with Gasteiger partial charge in [-0.15, -0.1) is 0 Å². The van der Waals surface area contributed by atoms with Gasteiger partial charge < -0.3 is 30.7 Å². The third kappa shape index (κ3) is 11.5. The van der Waals surface area contributed by atoms with Gasteiger partial charge >= 0.3 is 12.1 Å². The van der Waals surface area contributed by atoms with Crippen molar-refractivity contribution < 1.29 is 33.4 Å². The molecule has 11 nitrogen and oxygen atoms in total. The fraction of sp³-hybridized carbons (Fsp3) is 0.552. The largest absolute Gasteiger partial charge is 0.468 e. The smallest absolute Gasteiger partial charge is 0.408 e. The molecule has 0 saturated carbocycles. The molecule has 1 aromatic rings. The Hall–Kier alpha value is -3.89. The van der Waals surface area contributed by atoms with Crippen molar-refractivity contribution in [3.05, 3.63) is 42.0 Å². The molecule has 1 aromatic carbocycles. The fourth-order valence-electron chi connectivity index (χ4n) is 3.97. The Morgan fingerprint density at radius 1 is 1.10 bits per heavy atom. The summed E-state index contributed by atoms with van der Waals surface area (Å²) >= 11 is 0. The van der Waals surface area contributed by atoms with Crippen LogP contribution in [0.4, 0.5) is 4.79 Å². The van der Waals surface area contributed by atoms with E-state index < -0.39 is 66.5 Å². The highest BCUT2D eigenvalue weighted by atomic mass is 16.6. The van der Waals surface area contributed by atoms with E-state index >= 15 is 0 Å². The van der Waals surface area contributed by atoms with Crippen molar-refractivity contribution >= 4 is 35.9 Å². The molecule has 0 fully saturated rings. The number of carbonyl (C=O) groups is 5. The van der Waals surface area contributed by atoms with Crippen LogP contribution in [0.1, 0.15) is 78.0 Å². The molecule has 0 aromatic heterocycles. The summed E-state index contributed by atoms with van der Waals surface area (Å²) in [6.07, 6.45) is 1.41. The standard InChI is InChI=1S/C29H44N4O7/c1-9-20-11-10-12-21(15-20)25(26(36)31-17-24(35)39-8)33(19(4)14-13-18(2)3)27(37)22(16-23(30)34)32-28(38)40-29(5,6)7/h9-12,15,18-19,22,25H,1,13-14,16-17H2,2-8H3,(H2,30,34)(H,31,36)(H,32,38). The van der Waals surface area contributed by atoms with Crippen molar-refractivity contribution in [1.29, 1.82) is 0 Å². The first-order valence-electron chi connectivity index (χ1n) is 13.3. The summed E-state index contributed by atoms with van der Waals surface area (Å²) in [5.41, 5.74) is 5.73. The van der Waals surface area contributed by atoms with Crippen molar-refractivity contribution in [2.75, 3.05) is 13.7 Å². The maximum absolute atomic E-state index is 14.2. The predicted molar refractivity (Wildman–Crippen MR) is 152 cm³/mol. The summed E-state index contributed by atoms with van der Waals surface area (Å²) in [4.78, 5) is 65.6. The van der Waals surface area contributed by atoms with Gasteiger partial charge in [0.15, 0.2) is 0 Å². The first kappa shape index (κ1) is 34.1. The zero-order valence-electron chi connectivity index (χ0n) is 24.6. The average molecular weight is 561 g/mol. The van der Waals surface area contributed by atoms with Crippen LogP contribution in [0.15, 0.2) is 30.8 Å². The lowest BCUT2D eigenvalue weighted by Gasteiger charge is -2.38. The number of alkyl carbamates (subject to hydrolysis) is 1. The summed E-state index contributed by atoms with van der Waals surface area (Å²) in [6.45, 7) is 14.2. The summed E-state index contributed by atoms with van der Waals surface area (Å²) in [7, 11) is 1.19. The van der Waals surface area contributed by atoms with Crippen LogP contribution in [-0.2, 0) is 28.7 Å². The number of esters is 1. The summed E-state index contributed by atoms with van der Waals surface area (Å²) in [5, 5.41) is 5.00. The van der Waals surface area contributed by atoms with E-state index in [9.17, 15) is 24.0 Å². The van der Waals surface area contributed by atoms with Crippen LogP contribution in [-0.4, -0.2) is 66.0 Å². The Balaban J connectivity index is 3.69. The molecular weight excluding hydrogens is 516 g/mol. The number of amides is 4. The molecule has 11 heteroatoms. The number of benzene rings is 1. The highest BCUT2D eigenvalue weighted by Gasteiger charge is 2.39. The topological polar surface area (TPSA) is 157 Å². The second-order valence-electron chi connectivity index (χ2n) is 11.0. The van der Waals surface area contributed by atoms with E-state index in [-0.39, 0.29) is 0 Å². The monoisotopic (exact) mass is 560 g/mol. The van der Waals surface area contributed by atoms with Gasteiger partial charge in [0.05, 0.1) is 13.5 Å². The van der Waals surface area contributed by atoms with Gasteiger partial charge in [-0.2, -0.15) is 0 Å². The molecule has 0 saturated heterocycles. The second kappa shape index (κ2) is 15.6. The Labute approximate surface area is 236 Å². The maximum Gasteiger partial charge on any atom is 0.408 e. The molecule has 222 valence electrons. The number of hydrogen-bond acceptors (Lipinski definition) is 7. The van der Waals surface area contributed by atoms with Crippen LogP contribution >= 0.6 is 0 Å². The van der Waals surface area contributed by atoms with Crippen LogP contribution in [0.2, 0.25) is 0 Å². The molecule has 40 heavy (non-hydrogen) atoms. The van der Waals surface area contributed by atoms with Crippen molar-refractivity contribution in [3.63, 3.8) is 0 Å². The van der Waals surface area contributed by atoms with Gasteiger partial charge in [-0.25, -0.2) is 4.79 Å². The zero-order chi connectivity index (χ0) is 30.6. The van der Waals surface area contributed by atoms with Gasteiger partial charge in [0, 0.05) is 6.04 Å². The highest BCUT2D eigenvalue weighted by Crippen LogP contribution is 2.28. The minimum Gasteiger partial charge on any atom is -0.468 e. The minimum absolute atomic E-state index is 0.302. The van der Waals surface area contributed by atoms with Crippen molar-refractivity contribution in [2.24, 2.45) is 11.7 Å². The first-order chi connectivity index (χ1) is 18.6. The Kier molecular flexibility index (Phi) is 13.3. The van der Waals surface area contributed by atoms with E-state index in [1.807, 2.05) is 13.8 Å². The van der Waals surface area contributed by atoms with E-state index in [0.29, 0.717) is 23.5 Å². The third-order valence-electron chi connectivity index (χ3n) is 5.91. The SMILES string of the molecule is C=Cc1cccc(C(C(=O)NCC(=O)OC)N(C(=O)C(CC(N)=O)NC(=O)OC(C)(C)C)C(C)CCC(C)C)c1. The molecule has 1 rings (SSSR count). The molecule has 3 unspecified atom stereocenters. The summed E-state index contributed by atoms with van der Waals surface area (Å²) in [5.74, 6) is -2.55. The number of hydrogen-bond donors (Lipinski definition) is 3. The number of rotatable bonds is 14. The lowest BCUT2D eigenvalue weighted by Crippen LogP contribution is -2.56. The Morgan fingerprint density at radius 3 is 2.27 bits per heavy atom. The first-order valence-corrected chi connectivity index (χ1v) is 13.3. The van der Waals surface area contributed by atoms with E-state index in [0.717, 1.165) is 6.42 Å². The zero-order valence-corrected chi connectivity index (χ0v) is 24.6. The lowest BCUT2D eigenvalue weighted by atomic mass is 9.95. The van der Waals surface area contributed by atoms with E-state index in [4.69, 9.17) is 10.5 Å². The van der Waals surface area contributed by atoms with Gasteiger partial charge in [-0.1, -0.05) is 44.7 Å². The number of nitrogens with zero attached hydrogens (tertiary/aromatic N) is 1. The molecular formula is C29H44N4O7. The predicted octanol–water partition coefficient (Wildman–Crippen LogP) is 3.08. The van der Waals surface area contributed by atoms with Crippen LogP contribution in [0, 0.1) is 5.92 Å². The van der Waals surface area contributed by atoms with Crippen molar-refractivity contribution in [2.45, 2.75) is 84.5 Å². The van der Waals surface area contributed by atoms with Crippen LogP contribution in [0.25, 0.3) is 6.08 Å². The lowest BCUT2D eigenvalue weighted by molar-refractivity contribution is -0.147. The van der Waals surface area contributed by atoms with Crippen molar-refractivity contribution in [3.8, 4) is 0 Å². The minimum atomic E-state index is -1.41. The maximum atomic E-state index is 14.2. The van der Waals surface area contributed by atoms with Gasteiger partial charge in [0.25, 0.3) is 0 Å². The van der Waals surface area contributed by atoms with Gasteiger partial charge in [-0.05, 0) is 63.6 Å². The molecule has 4 N–H and O–H groups in total. The number of ether oxygens (including phenoxy) is 2. The van der Waals surface area contributed by atoms with Crippen LogP contribution in [0.5, 0.6) is 0 Å². The fourth-order valence-corrected chi connectivity index (χ4v) is 3.97. The molecule has 3 atom stereocenters. The van der Waals surface area contributed by atoms with E-state index in [1.165, 1.54) is 12.0 Å². The quantitative estimate of drug-likeness (QED) is 0.295. The molecule has 0 spiro atoms. The van der Waals surface area contributed by atoms with Gasteiger partial charge in [0.1, 0.15) is 24.2 Å². The molecule has 0 aliphatic rings.